The van der Waals surface area contributed by atoms with Crippen LogP contribution >= 0.6 is 0 Å². The van der Waals surface area contributed by atoms with Gasteiger partial charge in [-0.1, -0.05) is 6.07 Å². The third-order valence-electron chi connectivity index (χ3n) is 3.21. The normalized spacial score (nSPS) is 9.77. The molecule has 0 saturated heterocycles. The highest BCUT2D eigenvalue weighted by atomic mass is 16.4. The van der Waals surface area contributed by atoms with Gasteiger partial charge in [0.05, 0.1) is 5.56 Å². The van der Waals surface area contributed by atoms with Crippen LogP contribution in [0, 0.1) is 29.6 Å². The van der Waals surface area contributed by atoms with Gasteiger partial charge in [0.1, 0.15) is 29.1 Å². The number of benzene rings is 1. The lowest BCUT2D eigenvalue weighted by atomic mass is 9.92. The number of anilines is 1. The summed E-state index contributed by atoms with van der Waals surface area (Å²) in [6.07, 6.45) is 0. The molecular weight excluding hydrogens is 284 g/mol. The molecule has 0 fully saturated rings. The van der Waals surface area contributed by atoms with Crippen molar-refractivity contribution >= 4 is 11.8 Å². The van der Waals surface area contributed by atoms with Crippen molar-refractivity contribution in [2.24, 2.45) is 0 Å². The van der Waals surface area contributed by atoms with E-state index in [4.69, 9.17) is 10.8 Å². The van der Waals surface area contributed by atoms with E-state index >= 15 is 0 Å². The molecule has 0 radical (unpaired) electrons. The molecule has 0 unspecified atom stereocenters. The first kappa shape index (κ1) is 14.8. The number of nitrogens with one attached hydrogen (secondary N) is 1. The molecule has 0 saturated carbocycles. The number of carboxylic acid groups (broad SMARTS) is 1. The van der Waals surface area contributed by atoms with Crippen LogP contribution in [0.1, 0.15) is 27.0 Å². The van der Waals surface area contributed by atoms with Gasteiger partial charge in [0.2, 0.25) is 0 Å². The molecule has 4 N–H and O–H groups in total. The Morgan fingerprint density at radius 2 is 1.91 bits per heavy atom. The molecule has 22 heavy (non-hydrogen) atoms. The fourth-order valence-corrected chi connectivity index (χ4v) is 2.19. The van der Waals surface area contributed by atoms with E-state index < -0.39 is 11.5 Å². The Morgan fingerprint density at radius 1 is 1.27 bits per heavy atom. The molecule has 1 heterocycles. The minimum absolute atomic E-state index is 0.0256. The molecule has 0 aliphatic rings. The topological polar surface area (TPSA) is 144 Å². The first-order valence-electron chi connectivity index (χ1n) is 6.11. The number of aromatic carboxylic acids is 1. The van der Waals surface area contributed by atoms with E-state index in [-0.39, 0.29) is 28.1 Å². The van der Waals surface area contributed by atoms with E-state index in [1.54, 1.807) is 13.0 Å². The summed E-state index contributed by atoms with van der Waals surface area (Å²) < 4.78 is 0. The van der Waals surface area contributed by atoms with E-state index in [1.807, 2.05) is 6.07 Å². The molecule has 1 aromatic heterocycles. The fraction of sp³-hybridized carbons (Fsp3) is 0.0667. The summed E-state index contributed by atoms with van der Waals surface area (Å²) in [6, 6.07) is 7.82. The predicted octanol–water partition coefficient (Wildman–Crippen LogP) is 1.37. The highest BCUT2D eigenvalue weighted by molar-refractivity contribution is 5.90. The SMILES string of the molecule is Cc1cc(C(=O)O)ccc1-c1c(C#N)c(N)[nH]c(=O)c1C#N. The molecule has 0 aliphatic heterocycles. The van der Waals surface area contributed by atoms with Crippen molar-refractivity contribution < 1.29 is 9.90 Å². The number of pyridine rings is 1. The summed E-state index contributed by atoms with van der Waals surface area (Å²) in [5, 5.41) is 27.4. The smallest absolute Gasteiger partial charge is 0.335 e. The maximum Gasteiger partial charge on any atom is 0.335 e. The summed E-state index contributed by atoms with van der Waals surface area (Å²) in [7, 11) is 0. The Morgan fingerprint density at radius 3 is 2.41 bits per heavy atom. The van der Waals surface area contributed by atoms with E-state index in [2.05, 4.69) is 4.98 Å². The lowest BCUT2D eigenvalue weighted by Crippen LogP contribution is -2.16. The zero-order chi connectivity index (χ0) is 16.4. The molecule has 0 bridgehead atoms. The maximum atomic E-state index is 11.9. The Bertz CT molecular complexity index is 930. The number of carbonyl (C=O) groups is 1. The van der Waals surface area contributed by atoms with Gasteiger partial charge in [-0.3, -0.25) is 4.79 Å². The minimum Gasteiger partial charge on any atom is -0.478 e. The second-order valence-electron chi connectivity index (χ2n) is 4.55. The molecule has 2 aromatic rings. The molecule has 0 spiro atoms. The summed E-state index contributed by atoms with van der Waals surface area (Å²) in [5.41, 5.74) is 5.78. The van der Waals surface area contributed by atoms with Crippen LogP contribution in [0.2, 0.25) is 0 Å². The summed E-state index contributed by atoms with van der Waals surface area (Å²) in [6.45, 7) is 1.63. The number of aromatic nitrogens is 1. The van der Waals surface area contributed by atoms with Crippen LogP contribution in [0.3, 0.4) is 0 Å². The second-order valence-corrected chi connectivity index (χ2v) is 4.55. The number of aromatic amines is 1. The lowest BCUT2D eigenvalue weighted by Gasteiger charge is -2.11. The van der Waals surface area contributed by atoms with E-state index in [0.29, 0.717) is 11.1 Å². The Labute approximate surface area is 124 Å². The zero-order valence-corrected chi connectivity index (χ0v) is 11.5. The van der Waals surface area contributed by atoms with Crippen molar-refractivity contribution in [2.75, 3.05) is 5.73 Å². The van der Waals surface area contributed by atoms with Gasteiger partial charge in [0.25, 0.3) is 5.56 Å². The van der Waals surface area contributed by atoms with Gasteiger partial charge in [-0.2, -0.15) is 10.5 Å². The van der Waals surface area contributed by atoms with Crippen molar-refractivity contribution in [1.82, 2.24) is 4.98 Å². The Balaban J connectivity index is 2.89. The van der Waals surface area contributed by atoms with Crippen LogP contribution in [0.15, 0.2) is 23.0 Å². The van der Waals surface area contributed by atoms with E-state index in [9.17, 15) is 20.1 Å². The Kier molecular flexibility index (Phi) is 3.66. The molecule has 7 nitrogen and oxygen atoms in total. The monoisotopic (exact) mass is 294 g/mol. The van der Waals surface area contributed by atoms with Crippen molar-refractivity contribution in [3.05, 3.63) is 50.8 Å². The van der Waals surface area contributed by atoms with Gasteiger partial charge in [-0.05, 0) is 30.2 Å². The quantitative estimate of drug-likeness (QED) is 0.763. The number of nitrogens with zero attached hydrogens (tertiary/aromatic N) is 2. The average Bonchev–Trinajstić information content (AvgIpc) is 2.46. The number of nitrogens with two attached hydrogens (primary N) is 1. The number of H-pyrrole nitrogens is 1. The largest absolute Gasteiger partial charge is 0.478 e. The van der Waals surface area contributed by atoms with Crippen molar-refractivity contribution in [3.63, 3.8) is 0 Å². The zero-order valence-electron chi connectivity index (χ0n) is 11.5. The minimum atomic E-state index is -1.10. The van der Waals surface area contributed by atoms with Crippen LogP contribution in [0.4, 0.5) is 5.82 Å². The van der Waals surface area contributed by atoms with Crippen LogP contribution in [0.25, 0.3) is 11.1 Å². The molecule has 7 heteroatoms. The molecule has 2 rings (SSSR count). The second kappa shape index (κ2) is 5.43. The number of nitriles is 2. The predicted molar refractivity (Wildman–Crippen MR) is 78.0 cm³/mol. The van der Waals surface area contributed by atoms with Crippen molar-refractivity contribution in [2.45, 2.75) is 6.92 Å². The van der Waals surface area contributed by atoms with Gasteiger partial charge in [0, 0.05) is 5.56 Å². The van der Waals surface area contributed by atoms with Crippen LogP contribution in [-0.2, 0) is 0 Å². The van der Waals surface area contributed by atoms with Gasteiger partial charge < -0.3 is 15.8 Å². The third-order valence-corrected chi connectivity index (χ3v) is 3.21. The summed E-state index contributed by atoms with van der Waals surface area (Å²) >= 11 is 0. The summed E-state index contributed by atoms with van der Waals surface area (Å²) in [4.78, 5) is 25.1. The maximum absolute atomic E-state index is 11.9. The van der Waals surface area contributed by atoms with Gasteiger partial charge in [-0.25, -0.2) is 4.79 Å². The molecule has 0 aliphatic carbocycles. The van der Waals surface area contributed by atoms with Crippen LogP contribution in [0.5, 0.6) is 0 Å². The standard InChI is InChI=1S/C15H10N4O3/c1-7-4-8(15(21)22)2-3-9(7)12-10(5-16)13(18)19-14(20)11(12)6-17/h2-4H,1H3,(H,21,22)(H3,18,19,20). The lowest BCUT2D eigenvalue weighted by molar-refractivity contribution is 0.0697. The first-order valence-corrected chi connectivity index (χ1v) is 6.11. The molecular formula is C15H10N4O3. The number of hydrogen-bond donors (Lipinski definition) is 3. The number of hydrogen-bond acceptors (Lipinski definition) is 5. The van der Waals surface area contributed by atoms with Crippen molar-refractivity contribution in [1.29, 1.82) is 10.5 Å². The van der Waals surface area contributed by atoms with Gasteiger partial charge >= 0.3 is 5.97 Å². The van der Waals surface area contributed by atoms with Crippen molar-refractivity contribution in [3.8, 4) is 23.3 Å². The van der Waals surface area contributed by atoms with Crippen LogP contribution in [-0.4, -0.2) is 16.1 Å². The first-order chi connectivity index (χ1) is 10.4. The molecule has 1 aromatic carbocycles. The molecule has 0 atom stereocenters. The average molecular weight is 294 g/mol. The number of carboxylic acids is 1. The summed E-state index contributed by atoms with van der Waals surface area (Å²) in [5.74, 6) is -1.23. The van der Waals surface area contributed by atoms with Crippen LogP contribution < -0.4 is 11.3 Å². The fourth-order valence-electron chi connectivity index (χ4n) is 2.19. The highest BCUT2D eigenvalue weighted by Gasteiger charge is 2.20. The van der Waals surface area contributed by atoms with E-state index in [1.165, 1.54) is 18.2 Å². The van der Waals surface area contributed by atoms with E-state index in [0.717, 1.165) is 0 Å². The molecule has 108 valence electrons. The molecule has 0 amide bonds. The number of nitrogen functional groups attached to an aromatic ring is 1. The van der Waals surface area contributed by atoms with Gasteiger partial charge in [-0.15, -0.1) is 0 Å². The number of rotatable bonds is 2. The highest BCUT2D eigenvalue weighted by Crippen LogP contribution is 2.31. The number of aryl methyl sites for hydroxylation is 1. The third kappa shape index (κ3) is 2.28. The van der Waals surface area contributed by atoms with Gasteiger partial charge in [0.15, 0.2) is 0 Å². The Hall–Kier alpha value is -3.58.